The van der Waals surface area contributed by atoms with Crippen LogP contribution < -0.4 is 0 Å². The third-order valence-electron chi connectivity index (χ3n) is 14.1. The molecule has 5 aliphatic rings. The lowest BCUT2D eigenvalue weighted by Gasteiger charge is -2.68. The van der Waals surface area contributed by atoms with Crippen molar-refractivity contribution in [3.05, 3.63) is 41.5 Å². The van der Waals surface area contributed by atoms with Gasteiger partial charge in [-0.05, 0) is 98.9 Å². The first kappa shape index (κ1) is 32.9. The number of carbonyl (C=O) groups is 3. The fraction of sp³-hybridized carbons (Fsp3) is 0.718. The Kier molecular flexibility index (Phi) is 7.70. The number of hydrogen-bond donors (Lipinski definition) is 0. The van der Waals surface area contributed by atoms with Crippen molar-refractivity contribution >= 4 is 17.5 Å². The number of rotatable bonds is 6. The molecule has 3 saturated carbocycles. The average Bonchev–Trinajstić information content (AvgIpc) is 3.40. The van der Waals surface area contributed by atoms with Crippen molar-refractivity contribution in [3.63, 3.8) is 0 Å². The van der Waals surface area contributed by atoms with E-state index in [9.17, 15) is 19.6 Å². The van der Waals surface area contributed by atoms with E-state index < -0.39 is 16.2 Å². The molecular formula is C39H53N3O4. The number of imidazole rings is 1. The molecule has 0 bridgehead atoms. The van der Waals surface area contributed by atoms with Crippen LogP contribution in [0.3, 0.4) is 0 Å². The predicted octanol–water partition coefficient (Wildman–Crippen LogP) is 7.73. The second-order valence-corrected chi connectivity index (χ2v) is 17.5. The zero-order chi connectivity index (χ0) is 33.5. The van der Waals surface area contributed by atoms with Crippen molar-refractivity contribution in [2.45, 2.75) is 120 Å². The van der Waals surface area contributed by atoms with Gasteiger partial charge in [0.05, 0.1) is 29.6 Å². The van der Waals surface area contributed by atoms with E-state index in [1.807, 2.05) is 45.4 Å². The Morgan fingerprint density at radius 2 is 1.76 bits per heavy atom. The maximum atomic E-state index is 14.7. The Balaban J connectivity index is 1.32. The molecule has 3 fully saturated rings. The Hall–Kier alpha value is -3.01. The van der Waals surface area contributed by atoms with Crippen molar-refractivity contribution in [2.75, 3.05) is 6.61 Å². The lowest BCUT2D eigenvalue weighted by molar-refractivity contribution is -0.193. The van der Waals surface area contributed by atoms with Crippen LogP contribution in [-0.4, -0.2) is 33.7 Å². The molecule has 0 N–H and O–H groups in total. The molecule has 7 atom stereocenters. The maximum absolute atomic E-state index is 14.7. The van der Waals surface area contributed by atoms with E-state index in [0.717, 1.165) is 75.6 Å². The number of nitriles is 1. The Morgan fingerprint density at radius 3 is 2.43 bits per heavy atom. The summed E-state index contributed by atoms with van der Waals surface area (Å²) in [5.41, 5.74) is -0.207. The van der Waals surface area contributed by atoms with E-state index in [1.165, 1.54) is 0 Å². The normalized spacial score (nSPS) is 39.1. The number of aryl methyl sites for hydroxylation is 2. The van der Waals surface area contributed by atoms with Crippen LogP contribution in [0.4, 0.5) is 0 Å². The van der Waals surface area contributed by atoms with Crippen molar-refractivity contribution in [1.82, 2.24) is 9.55 Å². The highest BCUT2D eigenvalue weighted by atomic mass is 16.5. The molecule has 6 rings (SSSR count). The summed E-state index contributed by atoms with van der Waals surface area (Å²) < 4.78 is 8.19. The first-order valence-corrected chi connectivity index (χ1v) is 17.6. The lowest BCUT2D eigenvalue weighted by Crippen LogP contribution is -2.66. The van der Waals surface area contributed by atoms with Gasteiger partial charge in [0.1, 0.15) is 6.07 Å². The minimum Gasteiger partial charge on any atom is -0.465 e. The highest BCUT2D eigenvalue weighted by Gasteiger charge is 2.71. The second kappa shape index (κ2) is 10.8. The van der Waals surface area contributed by atoms with E-state index >= 15 is 0 Å². The number of aromatic nitrogens is 2. The fourth-order valence-electron chi connectivity index (χ4n) is 11.3. The summed E-state index contributed by atoms with van der Waals surface area (Å²) in [6.45, 7) is 18.5. The molecule has 7 nitrogen and oxygen atoms in total. The maximum Gasteiger partial charge on any atom is 0.312 e. The van der Waals surface area contributed by atoms with Crippen LogP contribution in [-0.2, 0) is 25.7 Å². The highest BCUT2D eigenvalue weighted by molar-refractivity contribution is 6.04. The molecule has 7 heteroatoms. The molecule has 5 aliphatic carbocycles. The summed E-state index contributed by atoms with van der Waals surface area (Å²) in [5.74, 6) is -0.418. The molecule has 0 aliphatic heterocycles. The minimum absolute atomic E-state index is 0.0148. The molecule has 0 spiro atoms. The number of esters is 1. The number of Topliss-reactive ketones (excluding diaryl/α,β-unsaturated/α-hetero) is 1. The molecule has 0 aromatic carbocycles. The van der Waals surface area contributed by atoms with Gasteiger partial charge in [0, 0.05) is 29.5 Å². The minimum atomic E-state index is -0.686. The summed E-state index contributed by atoms with van der Waals surface area (Å²) in [7, 11) is 0. The first-order valence-electron chi connectivity index (χ1n) is 17.6. The van der Waals surface area contributed by atoms with E-state index in [4.69, 9.17) is 4.74 Å². The molecule has 1 heterocycles. The van der Waals surface area contributed by atoms with Gasteiger partial charge in [0.25, 0.3) is 0 Å². The SMILES string of the molecule is Cc1cn(CCCCOC(=O)[C@]23CCC(C)(C)C[C@H]2[C@H]2C(=O)C=C4[C@@]5(C)C=C(C#N)C(=O)C(C)(C)[C@@H]5CC[C@@]4(C)[C@]2(C)CC3)cn1. The van der Waals surface area contributed by atoms with E-state index in [2.05, 4.69) is 50.2 Å². The second-order valence-electron chi connectivity index (χ2n) is 17.5. The Bertz CT molecular complexity index is 1570. The van der Waals surface area contributed by atoms with Crippen molar-refractivity contribution < 1.29 is 19.1 Å². The predicted molar refractivity (Wildman–Crippen MR) is 176 cm³/mol. The first-order chi connectivity index (χ1) is 21.4. The van der Waals surface area contributed by atoms with Gasteiger partial charge in [0.15, 0.2) is 11.6 Å². The van der Waals surface area contributed by atoms with Gasteiger partial charge in [-0.2, -0.15) is 5.26 Å². The van der Waals surface area contributed by atoms with Crippen LogP contribution in [0, 0.1) is 68.5 Å². The molecule has 1 aromatic rings. The molecule has 46 heavy (non-hydrogen) atoms. The number of carbonyl (C=O) groups excluding carboxylic acids is 3. The summed E-state index contributed by atoms with van der Waals surface area (Å²) in [4.78, 5) is 46.6. The number of hydrogen-bond acceptors (Lipinski definition) is 6. The quantitative estimate of drug-likeness (QED) is 0.236. The van der Waals surface area contributed by atoms with Gasteiger partial charge >= 0.3 is 5.97 Å². The standard InChI is InChI=1S/C39H53N3O4/c1-25-23-42(24-41-25)17-9-10-18-46-33(45)39-15-13-34(2,3)21-27(39)31-28(43)19-30-36(6)20-26(22-40)32(44)35(4,5)29(36)11-12-37(30,7)38(31,8)14-16-39/h19-20,23-24,27,29,31H,9-18,21H2,1-8H3/t27-,29-,31-,36-,37+,38+,39-/m0/s1. The van der Waals surface area contributed by atoms with Crippen molar-refractivity contribution in [1.29, 1.82) is 5.26 Å². The van der Waals surface area contributed by atoms with Gasteiger partial charge in [-0.25, -0.2) is 4.98 Å². The van der Waals surface area contributed by atoms with Gasteiger partial charge in [0.2, 0.25) is 0 Å². The lowest BCUT2D eigenvalue weighted by atomic mass is 9.34. The monoisotopic (exact) mass is 627 g/mol. The summed E-state index contributed by atoms with van der Waals surface area (Å²) >= 11 is 0. The average molecular weight is 628 g/mol. The number of unbranched alkanes of at least 4 members (excludes halogenated alkanes) is 1. The van der Waals surface area contributed by atoms with Gasteiger partial charge in [-0.1, -0.05) is 60.1 Å². The van der Waals surface area contributed by atoms with Crippen molar-refractivity contribution in [2.24, 2.45) is 50.2 Å². The number of nitrogens with zero attached hydrogens (tertiary/aromatic N) is 3. The highest BCUT2D eigenvalue weighted by Crippen LogP contribution is 2.74. The third kappa shape index (κ3) is 4.63. The topological polar surface area (TPSA) is 102 Å². The smallest absolute Gasteiger partial charge is 0.312 e. The summed E-state index contributed by atoms with van der Waals surface area (Å²) in [6.07, 6.45) is 15.2. The molecule has 0 radical (unpaired) electrons. The zero-order valence-corrected chi connectivity index (χ0v) is 29.3. The van der Waals surface area contributed by atoms with E-state index in [-0.39, 0.29) is 57.1 Å². The third-order valence-corrected chi connectivity index (χ3v) is 14.1. The molecule has 0 unspecified atom stereocenters. The summed E-state index contributed by atoms with van der Waals surface area (Å²) in [6, 6.07) is 2.19. The van der Waals surface area contributed by atoms with Gasteiger partial charge in [-0.3, -0.25) is 14.4 Å². The van der Waals surface area contributed by atoms with E-state index in [0.29, 0.717) is 6.61 Å². The van der Waals surface area contributed by atoms with E-state index in [1.54, 1.807) is 0 Å². The molecule has 0 saturated heterocycles. The molecular weight excluding hydrogens is 574 g/mol. The molecule has 248 valence electrons. The Labute approximate surface area is 275 Å². The molecule has 0 amide bonds. The van der Waals surface area contributed by atoms with Crippen LogP contribution >= 0.6 is 0 Å². The van der Waals surface area contributed by atoms with Gasteiger partial charge in [-0.15, -0.1) is 0 Å². The molecule has 1 aromatic heterocycles. The fourth-order valence-corrected chi connectivity index (χ4v) is 11.3. The zero-order valence-electron chi connectivity index (χ0n) is 29.3. The summed E-state index contributed by atoms with van der Waals surface area (Å²) in [5, 5.41) is 9.98. The van der Waals surface area contributed by atoms with Crippen LogP contribution in [0.5, 0.6) is 0 Å². The van der Waals surface area contributed by atoms with Crippen molar-refractivity contribution in [3.8, 4) is 6.07 Å². The van der Waals surface area contributed by atoms with Crippen LogP contribution in [0.2, 0.25) is 0 Å². The Morgan fingerprint density at radius 1 is 1.04 bits per heavy atom. The number of ether oxygens (including phenoxy) is 1. The largest absolute Gasteiger partial charge is 0.465 e. The number of ketones is 2. The number of allylic oxidation sites excluding steroid dienone is 4. The van der Waals surface area contributed by atoms with Crippen LogP contribution in [0.25, 0.3) is 0 Å². The van der Waals surface area contributed by atoms with Crippen LogP contribution in [0.15, 0.2) is 35.8 Å². The van der Waals surface area contributed by atoms with Gasteiger partial charge < -0.3 is 9.30 Å². The van der Waals surface area contributed by atoms with Crippen LogP contribution in [0.1, 0.15) is 112 Å². The number of fused-ring (bicyclic) bond motifs is 7.